The van der Waals surface area contributed by atoms with Gasteiger partial charge in [-0.25, -0.2) is 4.79 Å². The first kappa shape index (κ1) is 29.7. The highest BCUT2D eigenvalue weighted by Gasteiger charge is 2.33. The van der Waals surface area contributed by atoms with Gasteiger partial charge in [-0.3, -0.25) is 0 Å². The van der Waals surface area contributed by atoms with E-state index in [4.69, 9.17) is 9.47 Å². The molecule has 1 rings (SSSR count). The molecule has 1 aromatic rings. The zero-order chi connectivity index (χ0) is 24.6. The molecule has 0 heterocycles. The molecule has 0 unspecified atom stereocenters. The van der Waals surface area contributed by atoms with Crippen LogP contribution in [0.3, 0.4) is 0 Å². The van der Waals surface area contributed by atoms with Crippen molar-refractivity contribution < 1.29 is 14.3 Å². The fourth-order valence-corrected chi connectivity index (χ4v) is 5.57. The molecule has 33 heavy (non-hydrogen) atoms. The fraction of sp³-hybridized carbons (Fsp3) is 0.750. The van der Waals surface area contributed by atoms with Crippen molar-refractivity contribution in [1.29, 1.82) is 0 Å². The normalized spacial score (nSPS) is 12.1. The van der Waals surface area contributed by atoms with E-state index in [9.17, 15) is 4.79 Å². The van der Waals surface area contributed by atoms with Crippen LogP contribution < -0.4 is 5.32 Å². The second-order valence-corrected chi connectivity index (χ2v) is 16.7. The van der Waals surface area contributed by atoms with E-state index in [-0.39, 0.29) is 5.97 Å². The Morgan fingerprint density at radius 3 is 1.94 bits per heavy atom. The Bertz CT molecular complexity index is 638. The predicted octanol–water partition coefficient (Wildman–Crippen LogP) is 8.31. The van der Waals surface area contributed by atoms with Crippen LogP contribution in [0, 0.1) is 0 Å². The highest BCUT2D eigenvalue weighted by atomic mass is 28.3. The van der Waals surface area contributed by atoms with Gasteiger partial charge in [0.05, 0.1) is 20.2 Å². The lowest BCUT2D eigenvalue weighted by Gasteiger charge is -2.37. The minimum atomic E-state index is -1.07. The van der Waals surface area contributed by atoms with Crippen LogP contribution >= 0.6 is 0 Å². The Labute approximate surface area is 205 Å². The van der Waals surface area contributed by atoms with Gasteiger partial charge in [-0.05, 0) is 42.6 Å². The summed E-state index contributed by atoms with van der Waals surface area (Å²) in [5, 5.41) is 3.98. The van der Waals surface area contributed by atoms with Crippen molar-refractivity contribution in [2.24, 2.45) is 0 Å². The van der Waals surface area contributed by atoms with E-state index < -0.39 is 8.07 Å². The summed E-state index contributed by atoms with van der Waals surface area (Å²) in [5.41, 5.74) is 1.63. The number of carbonyl (C=O) groups excluding carboxylic acids is 1. The first-order valence-electron chi connectivity index (χ1n) is 13.3. The zero-order valence-electron chi connectivity index (χ0n) is 22.4. The van der Waals surface area contributed by atoms with Crippen LogP contribution in [0.1, 0.15) is 95.8 Å². The minimum Gasteiger partial charge on any atom is -0.460 e. The van der Waals surface area contributed by atoms with Gasteiger partial charge in [0.1, 0.15) is 6.61 Å². The lowest BCUT2D eigenvalue weighted by atomic mass is 10.1. The highest BCUT2D eigenvalue weighted by Crippen LogP contribution is 2.39. The molecule has 0 amide bonds. The van der Waals surface area contributed by atoms with Crippen LogP contribution in [-0.2, 0) is 9.47 Å². The van der Waals surface area contributed by atoms with Crippen LogP contribution in [0.2, 0.25) is 24.2 Å². The molecule has 0 saturated carbocycles. The maximum absolute atomic E-state index is 12.0. The molecule has 5 heteroatoms. The number of unbranched alkanes of at least 4 members (excludes halogenated alkanes) is 8. The van der Waals surface area contributed by atoms with Crippen molar-refractivity contribution in [3.05, 3.63) is 29.8 Å². The molecule has 0 aliphatic carbocycles. The summed E-state index contributed by atoms with van der Waals surface area (Å²) in [7, 11) is -1.07. The van der Waals surface area contributed by atoms with Crippen molar-refractivity contribution in [2.75, 3.05) is 31.7 Å². The zero-order valence-corrected chi connectivity index (χ0v) is 23.4. The van der Waals surface area contributed by atoms with Crippen LogP contribution in [-0.4, -0.2) is 40.4 Å². The van der Waals surface area contributed by atoms with Crippen LogP contribution in [0.4, 0.5) is 5.69 Å². The van der Waals surface area contributed by atoms with E-state index >= 15 is 0 Å². The lowest BCUT2D eigenvalue weighted by Crippen LogP contribution is -2.36. The summed E-state index contributed by atoms with van der Waals surface area (Å²) in [6, 6.07) is 9.01. The summed E-state index contributed by atoms with van der Waals surface area (Å²) in [6.07, 6.45) is 12.2. The van der Waals surface area contributed by atoms with E-state index in [0.29, 0.717) is 30.4 Å². The Morgan fingerprint density at radius 2 is 1.39 bits per heavy atom. The van der Waals surface area contributed by atoms with Crippen molar-refractivity contribution in [2.45, 2.75) is 110 Å². The first-order valence-corrected chi connectivity index (χ1v) is 16.5. The highest BCUT2D eigenvalue weighted by molar-refractivity contribution is 6.80. The summed E-state index contributed by atoms with van der Waals surface area (Å²) >= 11 is 0. The van der Waals surface area contributed by atoms with Crippen LogP contribution in [0.15, 0.2) is 24.3 Å². The number of hydrogen-bond acceptors (Lipinski definition) is 4. The molecular formula is C28H51NO3Si. The average molecular weight is 478 g/mol. The summed E-state index contributed by atoms with van der Waals surface area (Å²) in [4.78, 5) is 12.0. The molecule has 0 aromatic heterocycles. The number of nitrogens with one attached hydrogen (secondary N) is 1. The summed E-state index contributed by atoms with van der Waals surface area (Å²) in [5.74, 6) is -0.295. The second-order valence-electron chi connectivity index (χ2n) is 10.9. The molecule has 190 valence electrons. The third-order valence-electron chi connectivity index (χ3n) is 7.12. The fourth-order valence-electron chi connectivity index (χ4n) is 3.68. The van der Waals surface area contributed by atoms with Crippen LogP contribution in [0.5, 0.6) is 0 Å². The van der Waals surface area contributed by atoms with E-state index in [0.717, 1.165) is 12.2 Å². The Morgan fingerprint density at radius 1 is 0.848 bits per heavy atom. The maximum Gasteiger partial charge on any atom is 0.338 e. The Balaban J connectivity index is 2.00. The molecule has 0 fully saturated rings. The van der Waals surface area contributed by atoms with Gasteiger partial charge in [0.2, 0.25) is 0 Å². The smallest absolute Gasteiger partial charge is 0.338 e. The minimum absolute atomic E-state index is 0.295. The average Bonchev–Trinajstić information content (AvgIpc) is 2.77. The molecule has 4 nitrogen and oxygen atoms in total. The van der Waals surface area contributed by atoms with Gasteiger partial charge in [-0.2, -0.15) is 0 Å². The molecule has 0 atom stereocenters. The summed E-state index contributed by atoms with van der Waals surface area (Å²) < 4.78 is 10.4. The Kier molecular flexibility index (Phi) is 14.7. The van der Waals surface area contributed by atoms with Gasteiger partial charge < -0.3 is 14.8 Å². The van der Waals surface area contributed by atoms with Crippen molar-refractivity contribution in [3.8, 4) is 0 Å². The molecule has 1 N–H and O–H groups in total. The van der Waals surface area contributed by atoms with Gasteiger partial charge in [0, 0.05) is 18.8 Å². The number of hydrogen-bond donors (Lipinski definition) is 1. The van der Waals surface area contributed by atoms with E-state index in [1.165, 1.54) is 63.8 Å². The van der Waals surface area contributed by atoms with Gasteiger partial charge in [-0.15, -0.1) is 0 Å². The molecule has 0 radical (unpaired) electrons. The number of carbonyl (C=O) groups is 1. The number of benzene rings is 1. The number of anilines is 1. The molecule has 0 spiro atoms. The van der Waals surface area contributed by atoms with Gasteiger partial charge in [0.15, 0.2) is 0 Å². The van der Waals surface area contributed by atoms with E-state index in [2.05, 4.69) is 39.2 Å². The Hall–Kier alpha value is -1.33. The first-order chi connectivity index (χ1) is 15.7. The molecular weight excluding hydrogens is 426 g/mol. The maximum atomic E-state index is 12.0. The monoisotopic (exact) mass is 477 g/mol. The molecule has 0 bridgehead atoms. The topological polar surface area (TPSA) is 47.6 Å². The van der Waals surface area contributed by atoms with Gasteiger partial charge in [0.25, 0.3) is 0 Å². The lowest BCUT2D eigenvalue weighted by molar-refractivity contribution is 0.0335. The third kappa shape index (κ3) is 13.2. The summed E-state index contributed by atoms with van der Waals surface area (Å²) in [6.45, 7) is 16.7. The number of ether oxygens (including phenoxy) is 2. The third-order valence-corrected chi connectivity index (χ3v) is 12.8. The van der Waals surface area contributed by atoms with E-state index in [1.807, 2.05) is 31.2 Å². The van der Waals surface area contributed by atoms with Crippen molar-refractivity contribution >= 4 is 19.7 Å². The van der Waals surface area contributed by atoms with Crippen molar-refractivity contribution in [3.63, 3.8) is 0 Å². The van der Waals surface area contributed by atoms with Crippen LogP contribution in [0.25, 0.3) is 0 Å². The van der Waals surface area contributed by atoms with E-state index in [1.54, 1.807) is 0 Å². The molecule has 0 aliphatic heterocycles. The van der Waals surface area contributed by atoms with Crippen molar-refractivity contribution in [1.82, 2.24) is 0 Å². The molecule has 0 aliphatic rings. The largest absolute Gasteiger partial charge is 0.460 e. The van der Waals surface area contributed by atoms with Gasteiger partial charge in [-0.1, -0.05) is 91.3 Å². The van der Waals surface area contributed by atoms with Gasteiger partial charge >= 0.3 is 5.97 Å². The molecule has 1 aromatic carbocycles. The number of rotatable bonds is 18. The molecule has 0 saturated heterocycles. The number of esters is 1. The SMILES string of the molecule is CCOCCOC(=O)c1ccc(NCCCCCCCCCCC[Si](C)(C)C(C)(C)C)cc1. The second kappa shape index (κ2) is 16.3. The standard InChI is InChI=1S/C28H51NO3Si/c1-7-31-22-23-32-27(30)25-17-19-26(20-18-25)29-21-15-13-11-9-8-10-12-14-16-24-33(5,6)28(2,3)4/h17-20,29H,7-16,21-24H2,1-6H3. The quantitative estimate of drug-likeness (QED) is 0.131. The predicted molar refractivity (Wildman–Crippen MR) is 145 cm³/mol.